The molecule has 1 saturated heterocycles. The lowest BCUT2D eigenvalue weighted by atomic mass is 9.76. The predicted octanol–water partition coefficient (Wildman–Crippen LogP) is 1.62. The number of carboxylic acid groups (broad SMARTS) is 1. The number of carbonyl (C=O) groups is 1. The van der Waals surface area contributed by atoms with Crippen molar-refractivity contribution in [1.29, 1.82) is 5.26 Å². The second-order valence-corrected chi connectivity index (χ2v) is 4.87. The van der Waals surface area contributed by atoms with Crippen molar-refractivity contribution in [2.24, 2.45) is 5.92 Å². The molecule has 0 aromatic carbocycles. The van der Waals surface area contributed by atoms with E-state index in [1.807, 2.05) is 4.90 Å². The number of hydrogen-bond acceptors (Lipinski definition) is 3. The first-order valence-electron chi connectivity index (χ1n) is 6.09. The Morgan fingerprint density at radius 3 is 2.75 bits per heavy atom. The van der Waals surface area contributed by atoms with Crippen molar-refractivity contribution < 1.29 is 9.90 Å². The van der Waals surface area contributed by atoms with Crippen molar-refractivity contribution in [2.75, 3.05) is 6.54 Å². The maximum Gasteiger partial charge on any atom is 0.320 e. The summed E-state index contributed by atoms with van der Waals surface area (Å²) < 4.78 is 0. The van der Waals surface area contributed by atoms with Crippen LogP contribution in [-0.2, 0) is 4.79 Å². The largest absolute Gasteiger partial charge is 0.480 e. The molecule has 16 heavy (non-hydrogen) atoms. The fourth-order valence-electron chi connectivity index (χ4n) is 3.30. The zero-order valence-corrected chi connectivity index (χ0v) is 9.43. The number of nitriles is 1. The van der Waals surface area contributed by atoms with Gasteiger partial charge in [-0.1, -0.05) is 12.8 Å². The average Bonchev–Trinajstić information content (AvgIpc) is 2.29. The third kappa shape index (κ3) is 2.05. The number of rotatable bonds is 2. The standard InChI is InChI=1S/C12H18N2O2/c13-7-8-14-10-4-2-1-3-9(10)5-6-11(14)12(15)16/h9-11H,1-6,8H2,(H,15,16). The van der Waals surface area contributed by atoms with Gasteiger partial charge in [0.25, 0.3) is 0 Å². The molecule has 4 nitrogen and oxygen atoms in total. The van der Waals surface area contributed by atoms with Crippen molar-refractivity contribution in [3.63, 3.8) is 0 Å². The first kappa shape index (κ1) is 11.4. The summed E-state index contributed by atoms with van der Waals surface area (Å²) in [7, 11) is 0. The van der Waals surface area contributed by atoms with Crippen LogP contribution >= 0.6 is 0 Å². The molecular weight excluding hydrogens is 204 g/mol. The zero-order chi connectivity index (χ0) is 11.5. The fourth-order valence-corrected chi connectivity index (χ4v) is 3.30. The monoisotopic (exact) mass is 222 g/mol. The van der Waals surface area contributed by atoms with Crippen LogP contribution < -0.4 is 0 Å². The molecule has 0 aromatic rings. The van der Waals surface area contributed by atoms with Gasteiger partial charge in [-0.15, -0.1) is 0 Å². The van der Waals surface area contributed by atoms with Crippen LogP contribution in [0.3, 0.4) is 0 Å². The maximum absolute atomic E-state index is 11.2. The van der Waals surface area contributed by atoms with E-state index in [4.69, 9.17) is 5.26 Å². The number of nitrogens with zero attached hydrogens (tertiary/aromatic N) is 2. The average molecular weight is 222 g/mol. The van der Waals surface area contributed by atoms with Gasteiger partial charge in [0, 0.05) is 6.04 Å². The van der Waals surface area contributed by atoms with Crippen molar-refractivity contribution in [2.45, 2.75) is 50.6 Å². The number of aliphatic carboxylic acids is 1. The summed E-state index contributed by atoms with van der Waals surface area (Å²) in [6, 6.07) is 2.02. The van der Waals surface area contributed by atoms with Crippen molar-refractivity contribution in [1.82, 2.24) is 4.90 Å². The van der Waals surface area contributed by atoms with Crippen molar-refractivity contribution in [3.05, 3.63) is 0 Å². The molecule has 4 heteroatoms. The van der Waals surface area contributed by atoms with E-state index in [0.29, 0.717) is 18.4 Å². The van der Waals surface area contributed by atoms with E-state index in [1.165, 1.54) is 19.3 Å². The number of likely N-dealkylation sites (tertiary alicyclic amines) is 1. The van der Waals surface area contributed by atoms with Gasteiger partial charge in [-0.05, 0) is 31.6 Å². The van der Waals surface area contributed by atoms with Gasteiger partial charge < -0.3 is 5.11 Å². The molecule has 0 bridgehead atoms. The van der Waals surface area contributed by atoms with Crippen molar-refractivity contribution >= 4 is 5.97 Å². The molecule has 0 radical (unpaired) electrons. The maximum atomic E-state index is 11.2. The lowest BCUT2D eigenvalue weighted by Crippen LogP contribution is -2.55. The highest BCUT2D eigenvalue weighted by Gasteiger charge is 2.40. The number of carboxylic acids is 1. The number of hydrogen-bond donors (Lipinski definition) is 1. The van der Waals surface area contributed by atoms with Gasteiger partial charge in [-0.2, -0.15) is 5.26 Å². The summed E-state index contributed by atoms with van der Waals surface area (Å²) >= 11 is 0. The van der Waals surface area contributed by atoms with Gasteiger partial charge in [-0.25, -0.2) is 0 Å². The Bertz CT molecular complexity index is 311. The van der Waals surface area contributed by atoms with E-state index < -0.39 is 12.0 Å². The van der Waals surface area contributed by atoms with Gasteiger partial charge >= 0.3 is 5.97 Å². The van der Waals surface area contributed by atoms with E-state index in [9.17, 15) is 9.90 Å². The molecule has 1 N–H and O–H groups in total. The predicted molar refractivity (Wildman–Crippen MR) is 58.7 cm³/mol. The first-order chi connectivity index (χ1) is 7.74. The topological polar surface area (TPSA) is 64.3 Å². The van der Waals surface area contributed by atoms with Gasteiger partial charge in [0.15, 0.2) is 0 Å². The van der Waals surface area contributed by atoms with Crippen LogP contribution in [0.2, 0.25) is 0 Å². The minimum Gasteiger partial charge on any atom is -0.480 e. The summed E-state index contributed by atoms with van der Waals surface area (Å²) in [5, 5.41) is 18.0. The Morgan fingerprint density at radius 2 is 2.06 bits per heavy atom. The summed E-state index contributed by atoms with van der Waals surface area (Å²) in [6.45, 7) is 0.262. The van der Waals surface area contributed by atoms with Crippen LogP contribution in [0.1, 0.15) is 38.5 Å². The second-order valence-electron chi connectivity index (χ2n) is 4.87. The first-order valence-corrected chi connectivity index (χ1v) is 6.09. The molecule has 0 aromatic heterocycles. The zero-order valence-electron chi connectivity index (χ0n) is 9.43. The van der Waals surface area contributed by atoms with E-state index in [-0.39, 0.29) is 6.54 Å². The Balaban J connectivity index is 2.14. The molecule has 1 saturated carbocycles. The van der Waals surface area contributed by atoms with Crippen LogP contribution in [0.4, 0.5) is 0 Å². The Morgan fingerprint density at radius 1 is 1.31 bits per heavy atom. The van der Waals surface area contributed by atoms with Gasteiger partial charge in [0.05, 0.1) is 12.6 Å². The molecule has 2 fully saturated rings. The van der Waals surface area contributed by atoms with Crippen LogP contribution in [0, 0.1) is 17.2 Å². The lowest BCUT2D eigenvalue weighted by Gasteiger charge is -2.46. The third-order valence-electron chi connectivity index (χ3n) is 4.04. The SMILES string of the molecule is N#CCN1C(C(=O)O)CCC2CCCCC21. The fraction of sp³-hybridized carbons (Fsp3) is 0.833. The minimum absolute atomic E-state index is 0.262. The third-order valence-corrected chi connectivity index (χ3v) is 4.04. The minimum atomic E-state index is -0.765. The summed E-state index contributed by atoms with van der Waals surface area (Å²) in [4.78, 5) is 13.1. The second kappa shape index (κ2) is 4.84. The molecule has 3 unspecified atom stereocenters. The highest BCUT2D eigenvalue weighted by Crippen LogP contribution is 2.37. The highest BCUT2D eigenvalue weighted by atomic mass is 16.4. The van der Waals surface area contributed by atoms with Crippen LogP contribution in [0.25, 0.3) is 0 Å². The molecular formula is C12H18N2O2. The molecule has 2 aliphatic rings. The molecule has 1 aliphatic carbocycles. The molecule has 2 rings (SSSR count). The van der Waals surface area contributed by atoms with E-state index in [2.05, 4.69) is 6.07 Å². The Kier molecular flexibility index (Phi) is 3.45. The van der Waals surface area contributed by atoms with Gasteiger partial charge in [-0.3, -0.25) is 9.69 Å². The van der Waals surface area contributed by atoms with Gasteiger partial charge in [0.2, 0.25) is 0 Å². The Labute approximate surface area is 95.9 Å². The van der Waals surface area contributed by atoms with Crippen LogP contribution in [0.15, 0.2) is 0 Å². The summed E-state index contributed by atoms with van der Waals surface area (Å²) in [6.07, 6.45) is 6.44. The smallest absolute Gasteiger partial charge is 0.320 e. The summed E-state index contributed by atoms with van der Waals surface area (Å²) in [5.41, 5.74) is 0. The molecule has 1 heterocycles. The van der Waals surface area contributed by atoms with Crippen molar-refractivity contribution in [3.8, 4) is 6.07 Å². The normalized spacial score (nSPS) is 35.1. The van der Waals surface area contributed by atoms with E-state index in [1.54, 1.807) is 0 Å². The number of piperidine rings is 1. The lowest BCUT2D eigenvalue weighted by molar-refractivity contribution is -0.147. The number of fused-ring (bicyclic) bond motifs is 1. The van der Waals surface area contributed by atoms with Crippen LogP contribution in [0.5, 0.6) is 0 Å². The molecule has 0 amide bonds. The highest BCUT2D eigenvalue weighted by molar-refractivity contribution is 5.73. The molecule has 88 valence electrons. The van der Waals surface area contributed by atoms with Gasteiger partial charge in [0.1, 0.15) is 6.04 Å². The molecule has 0 spiro atoms. The quantitative estimate of drug-likeness (QED) is 0.721. The molecule has 3 atom stereocenters. The molecule has 1 aliphatic heterocycles. The van der Waals surface area contributed by atoms with Crippen LogP contribution in [-0.4, -0.2) is 34.6 Å². The van der Waals surface area contributed by atoms with E-state index in [0.717, 1.165) is 12.8 Å². The Hall–Kier alpha value is -1.08. The van der Waals surface area contributed by atoms with E-state index >= 15 is 0 Å². The summed E-state index contributed by atoms with van der Waals surface area (Å²) in [5.74, 6) is -0.142.